The van der Waals surface area contributed by atoms with E-state index < -0.39 is 0 Å². The average Bonchev–Trinajstić information content (AvgIpc) is 3.36. The quantitative estimate of drug-likeness (QED) is 0.344. The molecule has 0 fully saturated rings. The van der Waals surface area contributed by atoms with Gasteiger partial charge in [0.25, 0.3) is 5.91 Å². The van der Waals surface area contributed by atoms with Crippen molar-refractivity contribution >= 4 is 5.91 Å². The summed E-state index contributed by atoms with van der Waals surface area (Å²) in [5.74, 6) is 1.28. The molecule has 5 aromatic rings. The topological polar surface area (TPSA) is 126 Å². The Balaban J connectivity index is 1.18. The highest BCUT2D eigenvalue weighted by Crippen LogP contribution is 2.27. The molecule has 0 spiro atoms. The molecule has 36 heavy (non-hydrogen) atoms. The van der Waals surface area contributed by atoms with E-state index in [9.17, 15) is 9.90 Å². The van der Waals surface area contributed by atoms with Crippen LogP contribution in [-0.2, 0) is 6.42 Å². The van der Waals surface area contributed by atoms with Gasteiger partial charge in [0.05, 0.1) is 17.0 Å². The molecule has 0 aliphatic carbocycles. The number of benzene rings is 2. The normalized spacial score (nSPS) is 12.6. The predicted octanol–water partition coefficient (Wildman–Crippen LogP) is 4.38. The lowest BCUT2D eigenvalue weighted by molar-refractivity contribution is 0.0946. The van der Waals surface area contributed by atoms with Crippen LogP contribution in [-0.4, -0.2) is 42.5 Å². The Kier molecular flexibility index (Phi) is 5.34. The van der Waals surface area contributed by atoms with Crippen molar-refractivity contribution in [1.82, 2.24) is 30.2 Å². The van der Waals surface area contributed by atoms with Crippen molar-refractivity contribution in [3.8, 4) is 51.4 Å². The Hall–Kier alpha value is -5.05. The minimum absolute atomic E-state index is 0.0670. The first-order valence-corrected chi connectivity index (χ1v) is 11.4. The number of nitrogens with zero attached hydrogens (tertiary/aromatic N) is 4. The number of aromatic amines is 1. The smallest absolute Gasteiger partial charge is 0.321 e. The van der Waals surface area contributed by atoms with Gasteiger partial charge in [-0.05, 0) is 54.1 Å². The van der Waals surface area contributed by atoms with Crippen molar-refractivity contribution in [1.29, 1.82) is 0 Å². The molecule has 0 bridgehead atoms. The second-order valence-electron chi connectivity index (χ2n) is 8.27. The van der Waals surface area contributed by atoms with Crippen LogP contribution in [0.15, 0.2) is 79.3 Å². The molecule has 176 valence electrons. The van der Waals surface area contributed by atoms with Crippen LogP contribution < -0.4 is 10.1 Å². The zero-order valence-electron chi connectivity index (χ0n) is 19.0. The highest BCUT2D eigenvalue weighted by atomic mass is 16.5. The summed E-state index contributed by atoms with van der Waals surface area (Å²) in [6.45, 7) is 0.628. The SMILES string of the molecule is O=C1NCCc2[nH]c(-c3ccnc(-c4ccc(Oc5ncc(-c6ccc(O)cc6)cn5)cc4)n3)cc21. The molecule has 6 rings (SSSR count). The standard InChI is InChI=1S/C27H20N6O3/c34-19-5-1-16(2-6-19)18-14-30-27(31-15-18)36-20-7-3-17(4-8-20)25-28-11-10-23(33-25)24-13-21-22(32-24)9-12-29-26(21)35/h1-8,10-11,13-15,32,34H,9,12H2,(H,29,35). The number of phenols is 1. The molecule has 0 atom stereocenters. The Labute approximate surface area is 205 Å². The van der Waals surface area contributed by atoms with Gasteiger partial charge in [-0.3, -0.25) is 4.79 Å². The van der Waals surface area contributed by atoms with Crippen LogP contribution in [0.3, 0.4) is 0 Å². The van der Waals surface area contributed by atoms with E-state index in [1.165, 1.54) is 0 Å². The fourth-order valence-electron chi connectivity index (χ4n) is 4.03. The Morgan fingerprint density at radius 2 is 1.61 bits per heavy atom. The highest BCUT2D eigenvalue weighted by molar-refractivity contribution is 5.97. The lowest BCUT2D eigenvalue weighted by atomic mass is 10.1. The van der Waals surface area contributed by atoms with E-state index in [1.807, 2.05) is 24.3 Å². The number of fused-ring (bicyclic) bond motifs is 1. The number of carbonyl (C=O) groups excluding carboxylic acids is 1. The second kappa shape index (κ2) is 8.95. The van der Waals surface area contributed by atoms with Crippen LogP contribution in [0.5, 0.6) is 17.5 Å². The number of rotatable bonds is 5. The number of ether oxygens (including phenoxy) is 1. The number of nitrogens with one attached hydrogen (secondary N) is 2. The summed E-state index contributed by atoms with van der Waals surface area (Å²) in [5, 5.41) is 12.3. The van der Waals surface area contributed by atoms with E-state index in [0.717, 1.165) is 34.5 Å². The summed E-state index contributed by atoms with van der Waals surface area (Å²) in [7, 11) is 0. The van der Waals surface area contributed by atoms with Crippen LogP contribution in [0.25, 0.3) is 33.9 Å². The number of phenolic OH excluding ortho intramolecular Hbond substituents is 1. The molecule has 1 amide bonds. The Bertz CT molecular complexity index is 1540. The summed E-state index contributed by atoms with van der Waals surface area (Å²) in [6, 6.07) is 18.0. The maximum Gasteiger partial charge on any atom is 0.321 e. The van der Waals surface area contributed by atoms with Crippen molar-refractivity contribution < 1.29 is 14.6 Å². The molecule has 1 aliphatic heterocycles. The van der Waals surface area contributed by atoms with Gasteiger partial charge in [0.1, 0.15) is 11.5 Å². The van der Waals surface area contributed by atoms with Gasteiger partial charge in [-0.15, -0.1) is 0 Å². The molecule has 0 radical (unpaired) electrons. The van der Waals surface area contributed by atoms with E-state index in [2.05, 4.69) is 30.2 Å². The molecular formula is C27H20N6O3. The molecule has 1 aliphatic rings. The number of amides is 1. The summed E-state index contributed by atoms with van der Waals surface area (Å²) in [5.41, 5.74) is 5.62. The van der Waals surface area contributed by atoms with Gasteiger partial charge in [-0.25, -0.2) is 19.9 Å². The van der Waals surface area contributed by atoms with Crippen LogP contribution in [0.1, 0.15) is 16.1 Å². The van der Waals surface area contributed by atoms with Crippen molar-refractivity contribution in [2.75, 3.05) is 6.54 Å². The van der Waals surface area contributed by atoms with Crippen LogP contribution in [0, 0.1) is 0 Å². The highest BCUT2D eigenvalue weighted by Gasteiger charge is 2.20. The molecular weight excluding hydrogens is 456 g/mol. The fourth-order valence-corrected chi connectivity index (χ4v) is 4.03. The third-order valence-corrected chi connectivity index (χ3v) is 5.89. The molecule has 9 heteroatoms. The lowest BCUT2D eigenvalue weighted by Gasteiger charge is -2.10. The summed E-state index contributed by atoms with van der Waals surface area (Å²) in [6.07, 6.45) is 5.81. The largest absolute Gasteiger partial charge is 0.508 e. The molecule has 0 saturated carbocycles. The van der Waals surface area contributed by atoms with E-state index in [1.54, 1.807) is 55.0 Å². The first-order chi connectivity index (χ1) is 17.6. The predicted molar refractivity (Wildman–Crippen MR) is 132 cm³/mol. The molecule has 2 aromatic carbocycles. The first-order valence-electron chi connectivity index (χ1n) is 11.4. The van der Waals surface area contributed by atoms with E-state index in [4.69, 9.17) is 4.74 Å². The van der Waals surface area contributed by atoms with Gasteiger partial charge in [-0.1, -0.05) is 12.1 Å². The van der Waals surface area contributed by atoms with Gasteiger partial charge < -0.3 is 20.1 Å². The molecule has 3 aromatic heterocycles. The summed E-state index contributed by atoms with van der Waals surface area (Å²) in [4.78, 5) is 33.0. The Morgan fingerprint density at radius 1 is 0.861 bits per heavy atom. The van der Waals surface area contributed by atoms with E-state index in [-0.39, 0.29) is 17.7 Å². The van der Waals surface area contributed by atoms with Gasteiger partial charge in [-0.2, -0.15) is 0 Å². The van der Waals surface area contributed by atoms with Crippen molar-refractivity contribution in [3.63, 3.8) is 0 Å². The number of H-pyrrole nitrogens is 1. The number of carbonyl (C=O) groups is 1. The minimum Gasteiger partial charge on any atom is -0.508 e. The zero-order chi connectivity index (χ0) is 24.5. The number of hydrogen-bond acceptors (Lipinski definition) is 7. The van der Waals surface area contributed by atoms with Crippen molar-refractivity contribution in [2.45, 2.75) is 6.42 Å². The minimum atomic E-state index is -0.0670. The van der Waals surface area contributed by atoms with Crippen LogP contribution in [0.4, 0.5) is 0 Å². The number of aromatic nitrogens is 5. The molecule has 4 heterocycles. The summed E-state index contributed by atoms with van der Waals surface area (Å²) < 4.78 is 5.78. The number of aromatic hydroxyl groups is 1. The maximum atomic E-state index is 12.1. The zero-order valence-corrected chi connectivity index (χ0v) is 19.0. The lowest BCUT2D eigenvalue weighted by Crippen LogP contribution is -2.31. The fraction of sp³-hybridized carbons (Fsp3) is 0.0741. The van der Waals surface area contributed by atoms with Gasteiger partial charge >= 0.3 is 6.01 Å². The maximum absolute atomic E-state index is 12.1. The third kappa shape index (κ3) is 4.25. The van der Waals surface area contributed by atoms with Crippen LogP contribution >= 0.6 is 0 Å². The molecule has 9 nitrogen and oxygen atoms in total. The van der Waals surface area contributed by atoms with Gasteiger partial charge in [0.2, 0.25) is 0 Å². The molecule has 0 saturated heterocycles. The van der Waals surface area contributed by atoms with Crippen LogP contribution in [0.2, 0.25) is 0 Å². The first kappa shape index (κ1) is 21.5. The van der Waals surface area contributed by atoms with Gasteiger partial charge in [0.15, 0.2) is 5.82 Å². The van der Waals surface area contributed by atoms with Gasteiger partial charge in [0, 0.05) is 48.4 Å². The third-order valence-electron chi connectivity index (χ3n) is 5.89. The molecule has 3 N–H and O–H groups in total. The van der Waals surface area contributed by atoms with E-state index >= 15 is 0 Å². The van der Waals surface area contributed by atoms with Crippen molar-refractivity contribution in [2.24, 2.45) is 0 Å². The van der Waals surface area contributed by atoms with Crippen molar-refractivity contribution in [3.05, 3.63) is 90.5 Å². The second-order valence-corrected chi connectivity index (χ2v) is 8.27. The average molecular weight is 476 g/mol. The summed E-state index contributed by atoms with van der Waals surface area (Å²) >= 11 is 0. The monoisotopic (exact) mass is 476 g/mol. The Morgan fingerprint density at radius 3 is 2.36 bits per heavy atom. The number of hydrogen-bond donors (Lipinski definition) is 3. The van der Waals surface area contributed by atoms with E-state index in [0.29, 0.717) is 29.4 Å². The molecule has 0 unspecified atom stereocenters.